The van der Waals surface area contributed by atoms with E-state index < -0.39 is 17.9 Å². The van der Waals surface area contributed by atoms with Crippen LogP contribution < -0.4 is 5.32 Å². The number of benzene rings is 3. The molecule has 1 aliphatic heterocycles. The summed E-state index contributed by atoms with van der Waals surface area (Å²) in [5.41, 5.74) is 2.52. The summed E-state index contributed by atoms with van der Waals surface area (Å²) in [6.45, 7) is 7.53. The van der Waals surface area contributed by atoms with Crippen LogP contribution in [0.1, 0.15) is 61.0 Å². The lowest BCUT2D eigenvalue weighted by Crippen LogP contribution is -2.45. The molecule has 1 amide bonds. The molecule has 0 atom stereocenters. The molecule has 3 aromatic rings. The van der Waals surface area contributed by atoms with E-state index in [0.717, 1.165) is 57.5 Å². The maximum absolute atomic E-state index is 13.1. The zero-order valence-corrected chi connectivity index (χ0v) is 23.3. The zero-order valence-electron chi connectivity index (χ0n) is 23.3. The second-order valence-corrected chi connectivity index (χ2v) is 10.8. The van der Waals surface area contributed by atoms with E-state index in [9.17, 15) is 18.0 Å². The lowest BCUT2D eigenvalue weighted by molar-refractivity contribution is -0.137. The predicted octanol–water partition coefficient (Wildman–Crippen LogP) is 7.55. The fourth-order valence-electron chi connectivity index (χ4n) is 5.11. The van der Waals surface area contributed by atoms with E-state index in [0.29, 0.717) is 16.7 Å². The van der Waals surface area contributed by atoms with Crippen LogP contribution in [0.3, 0.4) is 0 Å². The summed E-state index contributed by atoms with van der Waals surface area (Å²) < 4.78 is 38.8. The molecule has 0 aromatic heterocycles. The maximum Gasteiger partial charge on any atom is 0.503 e. The number of nitrogens with zero attached hydrogens (tertiary/aromatic N) is 1. The highest BCUT2D eigenvalue weighted by Crippen LogP contribution is 2.32. The molecule has 1 saturated heterocycles. The van der Waals surface area contributed by atoms with Gasteiger partial charge in [-0.15, -0.1) is 0 Å². The van der Waals surface area contributed by atoms with Crippen LogP contribution in [0, 0.1) is 0 Å². The summed E-state index contributed by atoms with van der Waals surface area (Å²) in [7, 11) is 0. The molecule has 4 rings (SSSR count). The van der Waals surface area contributed by atoms with Crippen LogP contribution in [0.2, 0.25) is 0 Å². The van der Waals surface area contributed by atoms with Crippen molar-refractivity contribution < 1.29 is 33.0 Å². The Morgan fingerprint density at radius 3 is 2.00 bits per heavy atom. The van der Waals surface area contributed by atoms with Crippen LogP contribution in [-0.2, 0) is 11.6 Å². The van der Waals surface area contributed by atoms with Gasteiger partial charge >= 0.3 is 12.3 Å². The minimum Gasteiger partial charge on any atom is -0.450 e. The number of rotatable bonds is 8. The molecule has 3 aromatic carbocycles. The minimum absolute atomic E-state index is 0.0881. The van der Waals surface area contributed by atoms with Crippen LogP contribution in [0.15, 0.2) is 78.9 Å². The first kappa shape index (κ1) is 31.7. The van der Waals surface area contributed by atoms with Gasteiger partial charge in [-0.2, -0.15) is 13.2 Å². The number of amides is 1. The van der Waals surface area contributed by atoms with Crippen LogP contribution >= 0.6 is 0 Å². The van der Waals surface area contributed by atoms with Crippen molar-refractivity contribution in [3.8, 4) is 11.1 Å². The molecule has 1 fully saturated rings. The van der Waals surface area contributed by atoms with Gasteiger partial charge in [0.05, 0.1) is 5.56 Å². The van der Waals surface area contributed by atoms with E-state index in [1.807, 2.05) is 0 Å². The van der Waals surface area contributed by atoms with Crippen LogP contribution in [-0.4, -0.2) is 52.9 Å². The Bertz CT molecular complexity index is 1270. The smallest absolute Gasteiger partial charge is 0.450 e. The molecule has 220 valence electrons. The van der Waals surface area contributed by atoms with Crippen molar-refractivity contribution in [2.45, 2.75) is 57.2 Å². The molecule has 0 aliphatic carbocycles. The van der Waals surface area contributed by atoms with Gasteiger partial charge in [0.25, 0.3) is 5.91 Å². The van der Waals surface area contributed by atoms with E-state index in [-0.39, 0.29) is 17.4 Å². The van der Waals surface area contributed by atoms with Gasteiger partial charge in [-0.1, -0.05) is 74.5 Å². The van der Waals surface area contributed by atoms with E-state index in [1.54, 1.807) is 24.3 Å². The number of carboxylic acid groups (broad SMARTS) is 2. The van der Waals surface area contributed by atoms with Crippen molar-refractivity contribution >= 4 is 12.1 Å². The van der Waals surface area contributed by atoms with Gasteiger partial charge < -0.3 is 20.4 Å². The second-order valence-electron chi connectivity index (χ2n) is 10.8. The third-order valence-electron chi connectivity index (χ3n) is 7.45. The summed E-state index contributed by atoms with van der Waals surface area (Å²) in [5, 5.41) is 17.1. The molecular weight excluding hydrogens is 533 g/mol. The number of hydrogen-bond acceptors (Lipinski definition) is 3. The molecule has 0 radical (unpaired) electrons. The number of carbonyl (C=O) groups is 2. The zero-order chi connectivity index (χ0) is 30.0. The molecule has 0 saturated carbocycles. The molecule has 41 heavy (non-hydrogen) atoms. The molecule has 1 heterocycles. The first-order valence-electron chi connectivity index (χ1n) is 13.6. The molecule has 1 aliphatic rings. The van der Waals surface area contributed by atoms with Gasteiger partial charge in [0.15, 0.2) is 0 Å². The molecule has 6 nitrogen and oxygen atoms in total. The Kier molecular flexibility index (Phi) is 10.9. The highest BCUT2D eigenvalue weighted by molar-refractivity contribution is 6.01. The quantitative estimate of drug-likeness (QED) is 0.260. The van der Waals surface area contributed by atoms with Gasteiger partial charge in [-0.05, 0) is 72.5 Å². The SMILES string of the molecule is CC(C)(CCCN1CCC(NC(=O)c2ccccc2-c2ccc(C(F)(F)F)cc2)CC1)c1ccccc1.O=C(O)O. The molecule has 9 heteroatoms. The average Bonchev–Trinajstić information content (AvgIpc) is 2.94. The number of halogens is 3. The van der Waals surface area contributed by atoms with E-state index in [1.165, 1.54) is 17.7 Å². The predicted molar refractivity (Wildman–Crippen MR) is 153 cm³/mol. The summed E-state index contributed by atoms with van der Waals surface area (Å²) in [4.78, 5) is 24.2. The summed E-state index contributed by atoms with van der Waals surface area (Å²) in [5.74, 6) is -0.182. The standard InChI is InChI=1S/C31H35F3N2O.CH2O3/c1-30(2,24-9-4-3-5-10-24)19-8-20-36-21-17-26(18-22-36)35-29(37)28-12-7-6-11-27(28)23-13-15-25(16-14-23)31(32,33)34;2-1(3)4/h3-7,9-16,26H,8,17-22H2,1-2H3,(H,35,37);(H2,2,3,4). The van der Waals surface area contributed by atoms with E-state index >= 15 is 0 Å². The maximum atomic E-state index is 13.1. The van der Waals surface area contributed by atoms with Crippen LogP contribution in [0.4, 0.5) is 18.0 Å². The summed E-state index contributed by atoms with van der Waals surface area (Å²) in [6.07, 6.45) is -2.21. The Morgan fingerprint density at radius 1 is 0.854 bits per heavy atom. The van der Waals surface area contributed by atoms with Gasteiger partial charge in [0.2, 0.25) is 0 Å². The number of alkyl halides is 3. The molecule has 0 spiro atoms. The first-order chi connectivity index (χ1) is 19.4. The fourth-order valence-corrected chi connectivity index (χ4v) is 5.11. The second kappa shape index (κ2) is 14.2. The number of piperidine rings is 1. The molecular formula is C32H37F3N2O4. The third-order valence-corrected chi connectivity index (χ3v) is 7.45. The Balaban J connectivity index is 0.00000108. The molecule has 3 N–H and O–H groups in total. The monoisotopic (exact) mass is 570 g/mol. The van der Waals surface area contributed by atoms with E-state index in [4.69, 9.17) is 15.0 Å². The molecule has 0 unspecified atom stereocenters. The average molecular weight is 571 g/mol. The van der Waals surface area contributed by atoms with Crippen molar-refractivity contribution in [2.75, 3.05) is 19.6 Å². The van der Waals surface area contributed by atoms with Crippen molar-refractivity contribution in [3.63, 3.8) is 0 Å². The topological polar surface area (TPSA) is 89.9 Å². The molecule has 0 bridgehead atoms. The Labute approximate surface area is 238 Å². The van der Waals surface area contributed by atoms with Crippen molar-refractivity contribution in [2.24, 2.45) is 0 Å². The largest absolute Gasteiger partial charge is 0.503 e. The van der Waals surface area contributed by atoms with Gasteiger partial charge in [0, 0.05) is 24.7 Å². The minimum atomic E-state index is -4.39. The highest BCUT2D eigenvalue weighted by Gasteiger charge is 2.30. The third kappa shape index (κ3) is 9.63. The number of likely N-dealkylation sites (tertiary alicyclic amines) is 1. The fraction of sp³-hybridized carbons (Fsp3) is 0.375. The van der Waals surface area contributed by atoms with E-state index in [2.05, 4.69) is 54.4 Å². The number of nitrogens with one attached hydrogen (secondary N) is 1. The number of hydrogen-bond donors (Lipinski definition) is 3. The Hall–Kier alpha value is -3.85. The Morgan fingerprint density at radius 2 is 1.41 bits per heavy atom. The van der Waals surface area contributed by atoms with Crippen molar-refractivity contribution in [1.82, 2.24) is 10.2 Å². The first-order valence-corrected chi connectivity index (χ1v) is 13.6. The van der Waals surface area contributed by atoms with Crippen LogP contribution in [0.5, 0.6) is 0 Å². The van der Waals surface area contributed by atoms with Gasteiger partial charge in [-0.25, -0.2) is 4.79 Å². The highest BCUT2D eigenvalue weighted by atomic mass is 19.4. The van der Waals surface area contributed by atoms with Crippen molar-refractivity contribution in [3.05, 3.63) is 95.6 Å². The summed E-state index contributed by atoms with van der Waals surface area (Å²) in [6, 6.07) is 22.8. The lowest BCUT2D eigenvalue weighted by Gasteiger charge is -2.33. The number of carbonyl (C=O) groups excluding carboxylic acids is 1. The lowest BCUT2D eigenvalue weighted by atomic mass is 9.80. The van der Waals surface area contributed by atoms with Crippen LogP contribution in [0.25, 0.3) is 11.1 Å². The normalized spacial score (nSPS) is 14.6. The van der Waals surface area contributed by atoms with Gasteiger partial charge in [-0.3, -0.25) is 4.79 Å². The summed E-state index contributed by atoms with van der Waals surface area (Å²) >= 11 is 0. The van der Waals surface area contributed by atoms with Crippen molar-refractivity contribution in [1.29, 1.82) is 0 Å². The van der Waals surface area contributed by atoms with Gasteiger partial charge in [0.1, 0.15) is 0 Å².